The van der Waals surface area contributed by atoms with Gasteiger partial charge in [0.25, 0.3) is 0 Å². The second-order valence-corrected chi connectivity index (χ2v) is 5.44. The first-order valence-electron chi connectivity index (χ1n) is 8.49. The van der Waals surface area contributed by atoms with Gasteiger partial charge in [0.15, 0.2) is 5.96 Å². The molecule has 0 aliphatic carbocycles. The summed E-state index contributed by atoms with van der Waals surface area (Å²) in [6.07, 6.45) is 2.59. The van der Waals surface area contributed by atoms with Crippen LogP contribution < -0.4 is 10.6 Å². The normalized spacial score (nSPS) is 13.3. The molecule has 0 aliphatic heterocycles. The third-order valence-corrected chi connectivity index (χ3v) is 3.81. The van der Waals surface area contributed by atoms with Gasteiger partial charge in [0, 0.05) is 32.8 Å². The summed E-state index contributed by atoms with van der Waals surface area (Å²) in [6, 6.07) is 4.27. The summed E-state index contributed by atoms with van der Waals surface area (Å²) in [6.45, 7) is 11.7. The van der Waals surface area contributed by atoms with Crippen molar-refractivity contribution in [2.45, 2.75) is 39.8 Å². The Kier molecular flexibility index (Phi) is 10.2. The van der Waals surface area contributed by atoms with E-state index in [1.807, 2.05) is 12.1 Å². The van der Waals surface area contributed by atoms with Gasteiger partial charge < -0.3 is 19.8 Å². The van der Waals surface area contributed by atoms with E-state index in [1.165, 1.54) is 0 Å². The Morgan fingerprint density at radius 2 is 2.13 bits per heavy atom. The van der Waals surface area contributed by atoms with Crippen LogP contribution in [-0.4, -0.2) is 56.7 Å². The van der Waals surface area contributed by atoms with Crippen LogP contribution in [0.15, 0.2) is 27.8 Å². The first-order chi connectivity index (χ1) is 11.2. The van der Waals surface area contributed by atoms with E-state index in [0.29, 0.717) is 19.3 Å². The van der Waals surface area contributed by atoms with E-state index in [-0.39, 0.29) is 0 Å². The van der Waals surface area contributed by atoms with Gasteiger partial charge in [-0.25, -0.2) is 0 Å². The first-order valence-corrected chi connectivity index (χ1v) is 8.49. The van der Waals surface area contributed by atoms with Crippen LogP contribution in [0.4, 0.5) is 0 Å². The predicted molar refractivity (Wildman–Crippen MR) is 94.7 cm³/mol. The van der Waals surface area contributed by atoms with Crippen molar-refractivity contribution in [1.29, 1.82) is 0 Å². The summed E-state index contributed by atoms with van der Waals surface area (Å²) in [5.41, 5.74) is 0. The van der Waals surface area contributed by atoms with E-state index < -0.39 is 0 Å². The molecular weight excluding hydrogens is 292 g/mol. The summed E-state index contributed by atoms with van der Waals surface area (Å²) in [5.74, 6) is 1.70. The molecular formula is C17H32N4O2. The van der Waals surface area contributed by atoms with E-state index in [1.54, 1.807) is 13.3 Å². The highest BCUT2D eigenvalue weighted by molar-refractivity contribution is 5.79. The summed E-state index contributed by atoms with van der Waals surface area (Å²) in [7, 11) is 1.80. The lowest BCUT2D eigenvalue weighted by Gasteiger charge is -2.27. The Balaban J connectivity index is 2.09. The monoisotopic (exact) mass is 324 g/mol. The zero-order chi connectivity index (χ0) is 16.9. The number of nitrogens with zero attached hydrogens (tertiary/aromatic N) is 2. The molecule has 132 valence electrons. The number of furan rings is 1. The molecule has 1 heterocycles. The quantitative estimate of drug-likeness (QED) is 0.371. The Morgan fingerprint density at radius 3 is 2.74 bits per heavy atom. The maximum absolute atomic E-state index is 5.55. The molecule has 1 aromatic rings. The van der Waals surface area contributed by atoms with Crippen LogP contribution in [0.3, 0.4) is 0 Å². The number of aliphatic imine (C=N–C) groups is 1. The number of likely N-dealkylation sites (N-methyl/N-ethyl adjacent to an activating group) is 1. The van der Waals surface area contributed by atoms with E-state index in [9.17, 15) is 0 Å². The van der Waals surface area contributed by atoms with Crippen LogP contribution in [-0.2, 0) is 11.3 Å². The van der Waals surface area contributed by atoms with Crippen molar-refractivity contribution in [3.63, 3.8) is 0 Å². The average Bonchev–Trinajstić information content (AvgIpc) is 3.08. The minimum Gasteiger partial charge on any atom is -0.467 e. The molecule has 2 N–H and O–H groups in total. The predicted octanol–water partition coefficient (Wildman–Crippen LogP) is 2.08. The number of rotatable bonds is 11. The molecule has 0 spiro atoms. The fourth-order valence-electron chi connectivity index (χ4n) is 2.39. The fourth-order valence-corrected chi connectivity index (χ4v) is 2.39. The van der Waals surface area contributed by atoms with E-state index in [0.717, 1.165) is 44.3 Å². The summed E-state index contributed by atoms with van der Waals surface area (Å²) in [5, 5.41) is 6.68. The lowest BCUT2D eigenvalue weighted by molar-refractivity contribution is 0.105. The van der Waals surface area contributed by atoms with Crippen molar-refractivity contribution in [2.24, 2.45) is 4.99 Å². The van der Waals surface area contributed by atoms with E-state index >= 15 is 0 Å². The molecule has 0 radical (unpaired) electrons. The molecule has 0 aromatic carbocycles. The molecule has 1 unspecified atom stereocenters. The SMILES string of the molecule is CCN(CC)C(C)CNC(=NC)NCCCOCc1ccco1. The number of hydrogen-bond acceptors (Lipinski definition) is 4. The Labute approximate surface area is 140 Å². The van der Waals surface area contributed by atoms with Crippen molar-refractivity contribution in [1.82, 2.24) is 15.5 Å². The van der Waals surface area contributed by atoms with Crippen LogP contribution in [0, 0.1) is 0 Å². The van der Waals surface area contributed by atoms with Crippen molar-refractivity contribution >= 4 is 5.96 Å². The largest absolute Gasteiger partial charge is 0.467 e. The van der Waals surface area contributed by atoms with E-state index in [2.05, 4.69) is 41.3 Å². The van der Waals surface area contributed by atoms with Gasteiger partial charge in [-0.15, -0.1) is 0 Å². The minimum atomic E-state index is 0.486. The molecule has 0 amide bonds. The third-order valence-electron chi connectivity index (χ3n) is 3.81. The van der Waals surface area contributed by atoms with Gasteiger partial charge in [0.2, 0.25) is 0 Å². The Bertz CT molecular complexity index is 416. The fraction of sp³-hybridized carbons (Fsp3) is 0.706. The molecule has 0 saturated heterocycles. The molecule has 1 atom stereocenters. The van der Waals surface area contributed by atoms with Crippen LogP contribution in [0.25, 0.3) is 0 Å². The second-order valence-electron chi connectivity index (χ2n) is 5.44. The van der Waals surface area contributed by atoms with Crippen LogP contribution >= 0.6 is 0 Å². The number of guanidine groups is 1. The molecule has 0 aliphatic rings. The van der Waals surface area contributed by atoms with Gasteiger partial charge in [-0.05, 0) is 38.6 Å². The molecule has 0 fully saturated rings. The van der Waals surface area contributed by atoms with Gasteiger partial charge >= 0.3 is 0 Å². The Hall–Kier alpha value is -1.53. The zero-order valence-electron chi connectivity index (χ0n) is 15.0. The smallest absolute Gasteiger partial charge is 0.191 e. The summed E-state index contributed by atoms with van der Waals surface area (Å²) >= 11 is 0. The van der Waals surface area contributed by atoms with Crippen molar-refractivity contribution in [3.8, 4) is 0 Å². The number of nitrogens with one attached hydrogen (secondary N) is 2. The van der Waals surface area contributed by atoms with Crippen LogP contribution in [0.1, 0.15) is 33.0 Å². The standard InChI is InChI=1S/C17H32N4O2/c1-5-21(6-2)15(3)13-20-17(18-4)19-10-8-11-22-14-16-9-7-12-23-16/h7,9,12,15H,5-6,8,10-11,13-14H2,1-4H3,(H2,18,19,20). The van der Waals surface area contributed by atoms with Gasteiger partial charge in [-0.2, -0.15) is 0 Å². The van der Waals surface area contributed by atoms with Crippen molar-refractivity contribution in [3.05, 3.63) is 24.2 Å². The molecule has 0 saturated carbocycles. The molecule has 6 nitrogen and oxygen atoms in total. The lowest BCUT2D eigenvalue weighted by atomic mass is 10.3. The Morgan fingerprint density at radius 1 is 1.35 bits per heavy atom. The molecule has 1 aromatic heterocycles. The van der Waals surface area contributed by atoms with Gasteiger partial charge in [0.05, 0.1) is 6.26 Å². The van der Waals surface area contributed by atoms with Gasteiger partial charge in [-0.1, -0.05) is 13.8 Å². The molecule has 0 bridgehead atoms. The maximum atomic E-state index is 5.55. The third kappa shape index (κ3) is 8.04. The highest BCUT2D eigenvalue weighted by Crippen LogP contribution is 2.01. The van der Waals surface area contributed by atoms with Gasteiger partial charge in [-0.3, -0.25) is 9.89 Å². The maximum Gasteiger partial charge on any atom is 0.191 e. The van der Waals surface area contributed by atoms with Gasteiger partial charge in [0.1, 0.15) is 12.4 Å². The summed E-state index contributed by atoms with van der Waals surface area (Å²) in [4.78, 5) is 6.67. The topological polar surface area (TPSA) is 62.0 Å². The second kappa shape index (κ2) is 12.0. The minimum absolute atomic E-state index is 0.486. The number of hydrogen-bond donors (Lipinski definition) is 2. The molecule has 23 heavy (non-hydrogen) atoms. The van der Waals surface area contributed by atoms with E-state index in [4.69, 9.17) is 9.15 Å². The van der Waals surface area contributed by atoms with Crippen LogP contribution in [0.2, 0.25) is 0 Å². The van der Waals surface area contributed by atoms with Crippen molar-refractivity contribution in [2.75, 3.05) is 39.8 Å². The average molecular weight is 324 g/mol. The lowest BCUT2D eigenvalue weighted by Crippen LogP contribution is -2.46. The number of ether oxygens (including phenoxy) is 1. The highest BCUT2D eigenvalue weighted by Gasteiger charge is 2.10. The first kappa shape index (κ1) is 19.5. The van der Waals surface area contributed by atoms with Crippen molar-refractivity contribution < 1.29 is 9.15 Å². The molecule has 6 heteroatoms. The zero-order valence-corrected chi connectivity index (χ0v) is 15.0. The highest BCUT2D eigenvalue weighted by atomic mass is 16.5. The summed E-state index contributed by atoms with van der Waals surface area (Å²) < 4.78 is 10.8. The molecule has 1 rings (SSSR count). The van der Waals surface area contributed by atoms with Crippen LogP contribution in [0.5, 0.6) is 0 Å².